The van der Waals surface area contributed by atoms with Gasteiger partial charge in [-0.3, -0.25) is 4.79 Å². The number of pyridine rings is 1. The normalized spacial score (nSPS) is 24.7. The average molecular weight is 249 g/mol. The van der Waals surface area contributed by atoms with Crippen LogP contribution in [0.3, 0.4) is 0 Å². The minimum Gasteiger partial charge on any atom is -0.397 e. The van der Waals surface area contributed by atoms with Gasteiger partial charge in [-0.2, -0.15) is 0 Å². The van der Waals surface area contributed by atoms with Gasteiger partial charge in [0.2, 0.25) is 0 Å². The van der Waals surface area contributed by atoms with Crippen molar-refractivity contribution in [2.24, 2.45) is 0 Å². The van der Waals surface area contributed by atoms with Gasteiger partial charge in [-0.05, 0) is 38.3 Å². The maximum atomic E-state index is 12.3. The topological polar surface area (TPSA) is 79.5 Å². The molecule has 98 valence electrons. The van der Waals surface area contributed by atoms with Crippen molar-refractivity contribution in [2.75, 3.05) is 18.8 Å². The highest BCUT2D eigenvalue weighted by Gasteiger charge is 2.28. The minimum atomic E-state index is -0.676. The zero-order chi connectivity index (χ0) is 13.2. The fraction of sp³-hybridized carbons (Fsp3) is 0.538. The summed E-state index contributed by atoms with van der Waals surface area (Å²) in [4.78, 5) is 18.1. The quantitative estimate of drug-likeness (QED) is 0.779. The molecule has 0 aromatic carbocycles. The molecular weight excluding hydrogens is 230 g/mol. The Hall–Kier alpha value is -1.62. The van der Waals surface area contributed by atoms with E-state index in [1.54, 1.807) is 23.2 Å². The molecule has 2 rings (SSSR count). The maximum Gasteiger partial charge on any atom is 0.274 e. The highest BCUT2D eigenvalue weighted by Crippen LogP contribution is 2.22. The van der Waals surface area contributed by atoms with Crippen LogP contribution in [0.5, 0.6) is 0 Å². The van der Waals surface area contributed by atoms with Gasteiger partial charge in [0.05, 0.1) is 11.3 Å². The van der Waals surface area contributed by atoms with Gasteiger partial charge in [-0.1, -0.05) is 0 Å². The van der Waals surface area contributed by atoms with Crippen molar-refractivity contribution in [2.45, 2.75) is 31.8 Å². The molecule has 1 atom stereocenters. The van der Waals surface area contributed by atoms with E-state index in [0.29, 0.717) is 37.3 Å². The lowest BCUT2D eigenvalue weighted by atomic mass is 9.98. The molecule has 5 heteroatoms. The number of hydrogen-bond acceptors (Lipinski definition) is 4. The first-order valence-corrected chi connectivity index (χ1v) is 6.22. The van der Waals surface area contributed by atoms with Crippen LogP contribution >= 0.6 is 0 Å². The molecule has 1 aromatic rings. The second-order valence-corrected chi connectivity index (χ2v) is 5.08. The Morgan fingerprint density at radius 3 is 3.00 bits per heavy atom. The monoisotopic (exact) mass is 249 g/mol. The number of nitrogens with zero attached hydrogens (tertiary/aromatic N) is 2. The van der Waals surface area contributed by atoms with E-state index in [9.17, 15) is 9.90 Å². The van der Waals surface area contributed by atoms with E-state index in [4.69, 9.17) is 5.73 Å². The van der Waals surface area contributed by atoms with E-state index < -0.39 is 5.60 Å². The predicted molar refractivity (Wildman–Crippen MR) is 69.0 cm³/mol. The number of nitrogen functional groups attached to an aromatic ring is 1. The number of nitrogens with two attached hydrogens (primary N) is 1. The van der Waals surface area contributed by atoms with Gasteiger partial charge in [-0.25, -0.2) is 4.98 Å². The molecule has 18 heavy (non-hydrogen) atoms. The van der Waals surface area contributed by atoms with E-state index in [0.717, 1.165) is 6.42 Å². The first-order chi connectivity index (χ1) is 8.49. The van der Waals surface area contributed by atoms with E-state index in [1.165, 1.54) is 0 Å². The number of aromatic nitrogens is 1. The summed E-state index contributed by atoms with van der Waals surface area (Å²) in [6.07, 6.45) is 3.67. The molecule has 0 saturated carbocycles. The third-order valence-electron chi connectivity index (χ3n) is 3.39. The largest absolute Gasteiger partial charge is 0.397 e. The standard InChI is InChI=1S/C13H19N3O2/c1-13(18)5-3-8-16(9-6-13)12(17)11-10(14)4-2-7-15-11/h2,4,7,18H,3,5-6,8-9,14H2,1H3. The molecule has 0 spiro atoms. The zero-order valence-corrected chi connectivity index (χ0v) is 10.6. The molecule has 1 aliphatic heterocycles. The summed E-state index contributed by atoms with van der Waals surface area (Å²) >= 11 is 0. The van der Waals surface area contributed by atoms with Crippen LogP contribution in [0.4, 0.5) is 5.69 Å². The molecule has 1 unspecified atom stereocenters. The number of anilines is 1. The molecule has 3 N–H and O–H groups in total. The summed E-state index contributed by atoms with van der Waals surface area (Å²) in [5, 5.41) is 10.0. The summed E-state index contributed by atoms with van der Waals surface area (Å²) in [6.45, 7) is 3.00. The molecule has 5 nitrogen and oxygen atoms in total. The molecule has 1 saturated heterocycles. The van der Waals surface area contributed by atoms with Gasteiger partial charge in [-0.15, -0.1) is 0 Å². The molecule has 2 heterocycles. The van der Waals surface area contributed by atoms with Crippen molar-refractivity contribution in [3.8, 4) is 0 Å². The van der Waals surface area contributed by atoms with Crippen LogP contribution < -0.4 is 5.73 Å². The van der Waals surface area contributed by atoms with Gasteiger partial charge in [0, 0.05) is 19.3 Å². The second kappa shape index (κ2) is 4.94. The molecular formula is C13H19N3O2. The first-order valence-electron chi connectivity index (χ1n) is 6.22. The highest BCUT2D eigenvalue weighted by molar-refractivity contribution is 5.97. The summed E-state index contributed by atoms with van der Waals surface area (Å²) in [5.41, 5.74) is 5.79. The summed E-state index contributed by atoms with van der Waals surface area (Å²) in [5.74, 6) is -0.147. The van der Waals surface area contributed by atoms with Crippen LogP contribution in [0.15, 0.2) is 18.3 Å². The predicted octanol–water partition coefficient (Wildman–Crippen LogP) is 1.04. The Labute approximate surface area is 107 Å². The summed E-state index contributed by atoms with van der Waals surface area (Å²) in [6, 6.07) is 3.38. The Bertz CT molecular complexity index is 446. The van der Waals surface area contributed by atoms with Crippen molar-refractivity contribution in [1.29, 1.82) is 0 Å². The zero-order valence-electron chi connectivity index (χ0n) is 10.6. The van der Waals surface area contributed by atoms with Crippen molar-refractivity contribution in [1.82, 2.24) is 9.88 Å². The SMILES string of the molecule is CC1(O)CCCN(C(=O)c2ncccc2N)CC1. The highest BCUT2D eigenvalue weighted by atomic mass is 16.3. The minimum absolute atomic E-state index is 0.147. The fourth-order valence-electron chi connectivity index (χ4n) is 2.21. The van der Waals surface area contributed by atoms with Crippen LogP contribution in [0.1, 0.15) is 36.7 Å². The van der Waals surface area contributed by atoms with Crippen molar-refractivity contribution >= 4 is 11.6 Å². The molecule has 1 amide bonds. The number of likely N-dealkylation sites (tertiary alicyclic amines) is 1. The number of hydrogen-bond donors (Lipinski definition) is 2. The smallest absolute Gasteiger partial charge is 0.274 e. The van der Waals surface area contributed by atoms with Gasteiger partial charge in [0.25, 0.3) is 5.91 Å². The van der Waals surface area contributed by atoms with Crippen molar-refractivity contribution in [3.05, 3.63) is 24.0 Å². The third kappa shape index (κ3) is 2.79. The van der Waals surface area contributed by atoms with Crippen molar-refractivity contribution < 1.29 is 9.90 Å². The van der Waals surface area contributed by atoms with Crippen LogP contribution in [-0.4, -0.2) is 39.6 Å². The number of aliphatic hydroxyl groups is 1. The number of rotatable bonds is 1. The van der Waals surface area contributed by atoms with Gasteiger partial charge in [0.1, 0.15) is 0 Å². The summed E-state index contributed by atoms with van der Waals surface area (Å²) < 4.78 is 0. The van der Waals surface area contributed by atoms with E-state index in [-0.39, 0.29) is 5.91 Å². The van der Waals surface area contributed by atoms with Crippen LogP contribution in [-0.2, 0) is 0 Å². The summed E-state index contributed by atoms with van der Waals surface area (Å²) in [7, 11) is 0. The Balaban J connectivity index is 2.13. The first kappa shape index (κ1) is 12.8. The van der Waals surface area contributed by atoms with Gasteiger partial charge < -0.3 is 15.7 Å². The number of amides is 1. The number of carbonyl (C=O) groups excluding carboxylic acids is 1. The third-order valence-corrected chi connectivity index (χ3v) is 3.39. The van der Waals surface area contributed by atoms with E-state index in [1.807, 2.05) is 6.92 Å². The Kier molecular flexibility index (Phi) is 3.52. The Morgan fingerprint density at radius 1 is 1.50 bits per heavy atom. The van der Waals surface area contributed by atoms with E-state index in [2.05, 4.69) is 4.98 Å². The fourth-order valence-corrected chi connectivity index (χ4v) is 2.21. The lowest BCUT2D eigenvalue weighted by Gasteiger charge is -2.22. The maximum absolute atomic E-state index is 12.3. The van der Waals surface area contributed by atoms with Gasteiger partial charge >= 0.3 is 0 Å². The number of carbonyl (C=O) groups is 1. The van der Waals surface area contributed by atoms with Gasteiger partial charge in [0.15, 0.2) is 5.69 Å². The van der Waals surface area contributed by atoms with E-state index >= 15 is 0 Å². The second-order valence-electron chi connectivity index (χ2n) is 5.08. The molecule has 1 aliphatic rings. The molecule has 0 aliphatic carbocycles. The molecule has 1 fully saturated rings. The molecule has 1 aromatic heterocycles. The van der Waals surface area contributed by atoms with Crippen molar-refractivity contribution in [3.63, 3.8) is 0 Å². The van der Waals surface area contributed by atoms with Crippen LogP contribution in [0, 0.1) is 0 Å². The lowest BCUT2D eigenvalue weighted by molar-refractivity contribution is 0.0437. The van der Waals surface area contributed by atoms with Crippen LogP contribution in [0.25, 0.3) is 0 Å². The molecule has 0 bridgehead atoms. The molecule has 0 radical (unpaired) electrons. The van der Waals surface area contributed by atoms with Crippen LogP contribution in [0.2, 0.25) is 0 Å². The average Bonchev–Trinajstić information content (AvgIpc) is 2.50. The lowest BCUT2D eigenvalue weighted by Crippen LogP contribution is -2.34. The Morgan fingerprint density at radius 2 is 2.28 bits per heavy atom.